The summed E-state index contributed by atoms with van der Waals surface area (Å²) in [6.45, 7) is 3.65. The van der Waals surface area contributed by atoms with Gasteiger partial charge in [-0.05, 0) is 24.7 Å². The summed E-state index contributed by atoms with van der Waals surface area (Å²) in [5, 5.41) is 5.69. The lowest BCUT2D eigenvalue weighted by Gasteiger charge is -2.29. The molecule has 1 heterocycles. The quantitative estimate of drug-likeness (QED) is 0.818. The normalized spacial score (nSPS) is 15.0. The first-order valence-corrected chi connectivity index (χ1v) is 7.23. The topological polar surface area (TPSA) is 53.6 Å². The van der Waals surface area contributed by atoms with Crippen LogP contribution in [0, 0.1) is 5.82 Å². The molecule has 1 aromatic carbocycles. The Labute approximate surface area is 124 Å². The van der Waals surface area contributed by atoms with Gasteiger partial charge >= 0.3 is 0 Å². The zero-order valence-corrected chi connectivity index (χ0v) is 12.3. The molecule has 1 aliphatic rings. The molecule has 0 atom stereocenters. The second-order valence-corrected chi connectivity index (χ2v) is 5.02. The number of hydrogen-bond donors (Lipinski definition) is 2. The molecule has 0 aromatic heterocycles. The summed E-state index contributed by atoms with van der Waals surface area (Å²) in [5.74, 6) is -0.291. The molecule has 0 bridgehead atoms. The van der Waals surface area contributed by atoms with Crippen LogP contribution in [0.25, 0.3) is 0 Å². The third-order valence-corrected chi connectivity index (χ3v) is 3.46. The van der Waals surface area contributed by atoms with Gasteiger partial charge in [0.25, 0.3) is 0 Å². The maximum absolute atomic E-state index is 14.2. The summed E-state index contributed by atoms with van der Waals surface area (Å²) in [7, 11) is 1.80. The Morgan fingerprint density at radius 1 is 1.38 bits per heavy atom. The van der Waals surface area contributed by atoms with Crippen LogP contribution < -0.4 is 15.5 Å². The van der Waals surface area contributed by atoms with Crippen LogP contribution in [-0.2, 0) is 16.1 Å². The summed E-state index contributed by atoms with van der Waals surface area (Å²) in [4.78, 5) is 13.5. The van der Waals surface area contributed by atoms with Crippen molar-refractivity contribution in [3.63, 3.8) is 0 Å². The summed E-state index contributed by atoms with van der Waals surface area (Å²) < 4.78 is 19.4. The first-order chi connectivity index (χ1) is 10.2. The van der Waals surface area contributed by atoms with Gasteiger partial charge in [-0.25, -0.2) is 4.39 Å². The zero-order chi connectivity index (χ0) is 15.1. The molecule has 2 N–H and O–H groups in total. The summed E-state index contributed by atoms with van der Waals surface area (Å²) in [6.07, 6.45) is 0.421. The minimum absolute atomic E-state index is 0.0398. The van der Waals surface area contributed by atoms with Gasteiger partial charge in [0, 0.05) is 32.6 Å². The summed E-state index contributed by atoms with van der Waals surface area (Å²) >= 11 is 0. The molecule has 1 aliphatic heterocycles. The van der Waals surface area contributed by atoms with Gasteiger partial charge in [-0.3, -0.25) is 4.79 Å². The third kappa shape index (κ3) is 4.68. The molecule has 0 aliphatic carbocycles. The van der Waals surface area contributed by atoms with Crippen molar-refractivity contribution in [3.05, 3.63) is 29.6 Å². The van der Waals surface area contributed by atoms with Crippen LogP contribution in [0.3, 0.4) is 0 Å². The Balaban J connectivity index is 1.90. The highest BCUT2D eigenvalue weighted by Gasteiger charge is 2.15. The van der Waals surface area contributed by atoms with E-state index in [1.807, 2.05) is 11.0 Å². The molecule has 1 aromatic rings. The van der Waals surface area contributed by atoms with Crippen LogP contribution in [-0.4, -0.2) is 45.8 Å². The highest BCUT2D eigenvalue weighted by atomic mass is 19.1. The third-order valence-electron chi connectivity index (χ3n) is 3.46. The van der Waals surface area contributed by atoms with E-state index in [4.69, 9.17) is 4.74 Å². The lowest BCUT2D eigenvalue weighted by molar-refractivity contribution is -0.121. The fourth-order valence-corrected chi connectivity index (χ4v) is 2.25. The van der Waals surface area contributed by atoms with Gasteiger partial charge in [0.2, 0.25) is 5.91 Å². The van der Waals surface area contributed by atoms with Crippen LogP contribution >= 0.6 is 0 Å². The number of benzene rings is 1. The molecule has 0 spiro atoms. The van der Waals surface area contributed by atoms with E-state index in [0.29, 0.717) is 51.5 Å². The first-order valence-electron chi connectivity index (χ1n) is 7.23. The lowest BCUT2D eigenvalue weighted by Crippen LogP contribution is -2.36. The van der Waals surface area contributed by atoms with Crippen LogP contribution in [0.1, 0.15) is 12.0 Å². The highest BCUT2D eigenvalue weighted by molar-refractivity contribution is 5.76. The number of nitrogens with one attached hydrogen (secondary N) is 2. The van der Waals surface area contributed by atoms with Gasteiger partial charge in [-0.2, -0.15) is 0 Å². The largest absolute Gasteiger partial charge is 0.378 e. The predicted octanol–water partition coefficient (Wildman–Crippen LogP) is 0.888. The average molecular weight is 295 g/mol. The smallest absolute Gasteiger partial charge is 0.221 e. The van der Waals surface area contributed by atoms with E-state index in [-0.39, 0.29) is 11.7 Å². The minimum Gasteiger partial charge on any atom is -0.378 e. The van der Waals surface area contributed by atoms with Crippen molar-refractivity contribution in [3.8, 4) is 0 Å². The van der Waals surface area contributed by atoms with Crippen molar-refractivity contribution in [1.29, 1.82) is 0 Å². The molecule has 1 amide bonds. The van der Waals surface area contributed by atoms with Gasteiger partial charge in [0.1, 0.15) is 5.82 Å². The van der Waals surface area contributed by atoms with Crippen molar-refractivity contribution in [2.75, 3.05) is 44.8 Å². The molecule has 116 valence electrons. The van der Waals surface area contributed by atoms with Crippen LogP contribution in [0.5, 0.6) is 0 Å². The monoisotopic (exact) mass is 295 g/mol. The number of ether oxygens (including phenoxy) is 1. The van der Waals surface area contributed by atoms with Crippen LogP contribution in [0.15, 0.2) is 18.2 Å². The molecule has 6 heteroatoms. The van der Waals surface area contributed by atoms with E-state index < -0.39 is 0 Å². The van der Waals surface area contributed by atoms with E-state index in [9.17, 15) is 9.18 Å². The number of anilines is 1. The van der Waals surface area contributed by atoms with Crippen molar-refractivity contribution >= 4 is 11.6 Å². The minimum atomic E-state index is -0.251. The number of carbonyl (C=O) groups excluding carboxylic acids is 1. The van der Waals surface area contributed by atoms with Gasteiger partial charge in [-0.15, -0.1) is 0 Å². The molecule has 1 fully saturated rings. The molecular formula is C15H22FN3O2. The van der Waals surface area contributed by atoms with Gasteiger partial charge in [-0.1, -0.05) is 6.07 Å². The predicted molar refractivity (Wildman–Crippen MR) is 79.8 cm³/mol. The van der Waals surface area contributed by atoms with E-state index in [0.717, 1.165) is 5.56 Å². The van der Waals surface area contributed by atoms with Crippen molar-refractivity contribution in [1.82, 2.24) is 10.6 Å². The molecule has 1 saturated heterocycles. The lowest BCUT2D eigenvalue weighted by atomic mass is 10.1. The zero-order valence-electron chi connectivity index (χ0n) is 12.3. The number of carbonyl (C=O) groups is 1. The number of amides is 1. The number of halogens is 1. The van der Waals surface area contributed by atoms with E-state index >= 15 is 0 Å². The van der Waals surface area contributed by atoms with Gasteiger partial charge in [0.15, 0.2) is 0 Å². The average Bonchev–Trinajstić information content (AvgIpc) is 2.52. The number of morpholine rings is 1. The maximum Gasteiger partial charge on any atom is 0.221 e. The van der Waals surface area contributed by atoms with E-state index in [1.54, 1.807) is 13.1 Å². The van der Waals surface area contributed by atoms with E-state index in [1.165, 1.54) is 6.07 Å². The fraction of sp³-hybridized carbons (Fsp3) is 0.533. The Morgan fingerprint density at radius 3 is 2.81 bits per heavy atom. The molecular weight excluding hydrogens is 273 g/mol. The number of nitrogens with zero attached hydrogens (tertiary/aromatic N) is 1. The number of rotatable bonds is 6. The maximum atomic E-state index is 14.2. The molecule has 2 rings (SSSR count). The standard InChI is InChI=1S/C15H22FN3O2/c1-17-5-4-15(20)18-11-12-2-3-14(13(16)10-12)19-6-8-21-9-7-19/h2-3,10,17H,4-9,11H2,1H3,(H,18,20). The Bertz CT molecular complexity index is 476. The molecule has 0 unspecified atom stereocenters. The van der Waals surface area contributed by atoms with E-state index in [2.05, 4.69) is 10.6 Å². The van der Waals surface area contributed by atoms with Gasteiger partial charge < -0.3 is 20.3 Å². The molecule has 0 saturated carbocycles. The first kappa shape index (κ1) is 15.7. The molecule has 0 radical (unpaired) electrons. The Kier molecular flexibility index (Phi) is 5.95. The second kappa shape index (κ2) is 7.95. The van der Waals surface area contributed by atoms with Crippen molar-refractivity contribution in [2.45, 2.75) is 13.0 Å². The molecule has 5 nitrogen and oxygen atoms in total. The summed E-state index contributed by atoms with van der Waals surface area (Å²) in [5.41, 5.74) is 1.37. The second-order valence-electron chi connectivity index (χ2n) is 5.02. The highest BCUT2D eigenvalue weighted by Crippen LogP contribution is 2.21. The van der Waals surface area contributed by atoms with Crippen molar-refractivity contribution in [2.24, 2.45) is 0 Å². The number of hydrogen-bond acceptors (Lipinski definition) is 4. The van der Waals surface area contributed by atoms with Crippen molar-refractivity contribution < 1.29 is 13.9 Å². The Hall–Kier alpha value is -1.66. The van der Waals surface area contributed by atoms with Gasteiger partial charge in [0.05, 0.1) is 18.9 Å². The Morgan fingerprint density at radius 2 is 2.14 bits per heavy atom. The fourth-order valence-electron chi connectivity index (χ4n) is 2.25. The SMILES string of the molecule is CNCCC(=O)NCc1ccc(N2CCOCC2)c(F)c1. The summed E-state index contributed by atoms with van der Waals surface area (Å²) in [6, 6.07) is 5.12. The molecule has 21 heavy (non-hydrogen) atoms. The van der Waals surface area contributed by atoms with Crippen LogP contribution in [0.4, 0.5) is 10.1 Å². The van der Waals surface area contributed by atoms with Crippen LogP contribution in [0.2, 0.25) is 0 Å².